The van der Waals surface area contributed by atoms with Gasteiger partial charge < -0.3 is 14.8 Å². The first-order chi connectivity index (χ1) is 9.47. The molecule has 1 heterocycles. The molecule has 1 N–H and O–H groups in total. The lowest BCUT2D eigenvalue weighted by Gasteiger charge is -2.27. The normalized spacial score (nSPS) is 17.1. The highest BCUT2D eigenvalue weighted by atomic mass is 19.1. The molecule has 1 aromatic rings. The molecule has 1 aliphatic heterocycles. The molecular weight excluding hydrogens is 257 g/mol. The first-order valence-electron chi connectivity index (χ1n) is 7.13. The Bertz CT molecular complexity index is 462. The van der Waals surface area contributed by atoms with Crippen LogP contribution in [0.2, 0.25) is 0 Å². The Morgan fingerprint density at radius 3 is 2.20 bits per heavy atom. The highest BCUT2D eigenvalue weighted by Crippen LogP contribution is 2.41. The van der Waals surface area contributed by atoms with E-state index in [2.05, 4.69) is 5.32 Å². The SMILES string of the molecule is COc1cc(OC)c(C(C)(C)F)cc1C1CCNCC1. The minimum absolute atomic E-state index is 0.415. The molecule has 20 heavy (non-hydrogen) atoms. The fourth-order valence-electron chi connectivity index (χ4n) is 2.84. The van der Waals surface area contributed by atoms with Crippen molar-refractivity contribution in [2.45, 2.75) is 38.3 Å². The summed E-state index contributed by atoms with van der Waals surface area (Å²) in [7, 11) is 3.22. The second-order valence-electron chi connectivity index (χ2n) is 5.79. The minimum Gasteiger partial charge on any atom is -0.496 e. The molecule has 4 heteroatoms. The number of hydrogen-bond acceptors (Lipinski definition) is 3. The molecule has 0 amide bonds. The van der Waals surface area contributed by atoms with E-state index in [0.717, 1.165) is 37.2 Å². The molecule has 0 unspecified atom stereocenters. The van der Waals surface area contributed by atoms with E-state index in [1.165, 1.54) is 0 Å². The molecule has 0 aromatic heterocycles. The lowest BCUT2D eigenvalue weighted by Crippen LogP contribution is -2.27. The summed E-state index contributed by atoms with van der Waals surface area (Å²) in [5, 5.41) is 3.35. The van der Waals surface area contributed by atoms with Crippen LogP contribution in [0.1, 0.15) is 43.7 Å². The zero-order valence-corrected chi connectivity index (χ0v) is 12.8. The maximum absolute atomic E-state index is 14.4. The van der Waals surface area contributed by atoms with Crippen molar-refractivity contribution < 1.29 is 13.9 Å². The molecule has 1 aromatic carbocycles. The van der Waals surface area contributed by atoms with Crippen molar-refractivity contribution in [2.24, 2.45) is 0 Å². The smallest absolute Gasteiger partial charge is 0.134 e. The van der Waals surface area contributed by atoms with Gasteiger partial charge in [0.1, 0.15) is 17.2 Å². The average Bonchev–Trinajstić information content (AvgIpc) is 2.45. The summed E-state index contributed by atoms with van der Waals surface area (Å²) in [6.07, 6.45) is 2.10. The Balaban J connectivity index is 2.48. The van der Waals surface area contributed by atoms with Gasteiger partial charge in [-0.3, -0.25) is 0 Å². The third kappa shape index (κ3) is 3.06. The summed E-state index contributed by atoms with van der Waals surface area (Å²) in [5.74, 6) is 1.76. The van der Waals surface area contributed by atoms with Crippen molar-refractivity contribution in [3.05, 3.63) is 23.3 Å². The first-order valence-corrected chi connectivity index (χ1v) is 7.13. The van der Waals surface area contributed by atoms with Crippen molar-refractivity contribution in [3.8, 4) is 11.5 Å². The Morgan fingerprint density at radius 1 is 1.10 bits per heavy atom. The van der Waals surface area contributed by atoms with E-state index in [0.29, 0.717) is 17.2 Å². The number of halogens is 1. The standard InChI is InChI=1S/C16H24FNO2/c1-16(2,17)13-9-12(11-5-7-18-8-6-11)14(19-3)10-15(13)20-4/h9-11,18H,5-8H2,1-4H3. The van der Waals surface area contributed by atoms with Gasteiger partial charge in [0.05, 0.1) is 14.2 Å². The van der Waals surface area contributed by atoms with Gasteiger partial charge >= 0.3 is 0 Å². The fraction of sp³-hybridized carbons (Fsp3) is 0.625. The molecule has 0 saturated carbocycles. The molecule has 0 spiro atoms. The topological polar surface area (TPSA) is 30.5 Å². The number of nitrogens with one attached hydrogen (secondary N) is 1. The molecule has 0 radical (unpaired) electrons. The zero-order chi connectivity index (χ0) is 14.8. The lowest BCUT2D eigenvalue weighted by molar-refractivity contribution is 0.212. The lowest BCUT2D eigenvalue weighted by atomic mass is 9.86. The quantitative estimate of drug-likeness (QED) is 0.918. The second-order valence-corrected chi connectivity index (χ2v) is 5.79. The maximum Gasteiger partial charge on any atom is 0.134 e. The van der Waals surface area contributed by atoms with E-state index in [-0.39, 0.29) is 0 Å². The number of rotatable bonds is 4. The fourth-order valence-corrected chi connectivity index (χ4v) is 2.84. The predicted octanol–water partition coefficient (Wildman–Crippen LogP) is 3.38. The van der Waals surface area contributed by atoms with Crippen molar-refractivity contribution in [1.82, 2.24) is 5.32 Å². The highest BCUT2D eigenvalue weighted by Gasteiger charge is 2.28. The second kappa shape index (κ2) is 6.00. The summed E-state index contributed by atoms with van der Waals surface area (Å²) >= 11 is 0. The van der Waals surface area contributed by atoms with E-state index in [1.54, 1.807) is 28.1 Å². The number of alkyl halides is 1. The summed E-state index contributed by atoms with van der Waals surface area (Å²) in [5.41, 5.74) is 0.254. The average molecular weight is 281 g/mol. The number of hydrogen-bond donors (Lipinski definition) is 1. The molecule has 3 nitrogen and oxygen atoms in total. The minimum atomic E-state index is -1.43. The predicted molar refractivity (Wildman–Crippen MR) is 78.5 cm³/mol. The molecular formula is C16H24FNO2. The number of benzene rings is 1. The van der Waals surface area contributed by atoms with Crippen LogP contribution in [0.3, 0.4) is 0 Å². The van der Waals surface area contributed by atoms with Gasteiger partial charge in [-0.15, -0.1) is 0 Å². The van der Waals surface area contributed by atoms with Crippen LogP contribution in [0.25, 0.3) is 0 Å². The van der Waals surface area contributed by atoms with Crippen LogP contribution >= 0.6 is 0 Å². The van der Waals surface area contributed by atoms with E-state index in [1.807, 2.05) is 12.1 Å². The van der Waals surface area contributed by atoms with Gasteiger partial charge in [0.2, 0.25) is 0 Å². The molecule has 0 bridgehead atoms. The third-order valence-corrected chi connectivity index (χ3v) is 3.97. The Morgan fingerprint density at radius 2 is 1.70 bits per heavy atom. The summed E-state index contributed by atoms with van der Waals surface area (Å²) < 4.78 is 25.2. The Kier molecular flexibility index (Phi) is 4.53. The van der Waals surface area contributed by atoms with Gasteiger partial charge in [0.15, 0.2) is 0 Å². The van der Waals surface area contributed by atoms with Crippen LogP contribution in [0.4, 0.5) is 4.39 Å². The first kappa shape index (κ1) is 15.1. The molecule has 1 fully saturated rings. The van der Waals surface area contributed by atoms with Crippen LogP contribution in [0.5, 0.6) is 11.5 Å². The monoisotopic (exact) mass is 281 g/mol. The van der Waals surface area contributed by atoms with Crippen LogP contribution in [0, 0.1) is 0 Å². The van der Waals surface area contributed by atoms with E-state index in [9.17, 15) is 4.39 Å². The molecule has 0 atom stereocenters. The molecule has 1 aliphatic rings. The van der Waals surface area contributed by atoms with Crippen LogP contribution in [0.15, 0.2) is 12.1 Å². The van der Waals surface area contributed by atoms with Crippen molar-refractivity contribution >= 4 is 0 Å². The highest BCUT2D eigenvalue weighted by molar-refractivity contribution is 5.50. The Hall–Kier alpha value is -1.29. The van der Waals surface area contributed by atoms with Crippen LogP contribution in [-0.4, -0.2) is 27.3 Å². The van der Waals surface area contributed by atoms with Gasteiger partial charge in [0.25, 0.3) is 0 Å². The summed E-state index contributed by atoms with van der Waals surface area (Å²) in [6, 6.07) is 3.74. The summed E-state index contributed by atoms with van der Waals surface area (Å²) in [4.78, 5) is 0. The van der Waals surface area contributed by atoms with E-state index in [4.69, 9.17) is 9.47 Å². The van der Waals surface area contributed by atoms with Gasteiger partial charge in [-0.05, 0) is 57.3 Å². The van der Waals surface area contributed by atoms with E-state index < -0.39 is 5.67 Å². The summed E-state index contributed by atoms with van der Waals surface area (Å²) in [6.45, 7) is 5.11. The van der Waals surface area contributed by atoms with Gasteiger partial charge in [-0.2, -0.15) is 0 Å². The van der Waals surface area contributed by atoms with Crippen molar-refractivity contribution in [2.75, 3.05) is 27.3 Å². The number of ether oxygens (including phenoxy) is 2. The Labute approximate surface area is 120 Å². The molecule has 2 rings (SSSR count). The number of methoxy groups -OCH3 is 2. The van der Waals surface area contributed by atoms with Crippen LogP contribution < -0.4 is 14.8 Å². The van der Waals surface area contributed by atoms with Crippen LogP contribution in [-0.2, 0) is 5.67 Å². The molecule has 0 aliphatic carbocycles. The molecule has 112 valence electrons. The zero-order valence-electron chi connectivity index (χ0n) is 12.8. The third-order valence-electron chi connectivity index (χ3n) is 3.97. The van der Waals surface area contributed by atoms with Gasteiger partial charge in [0, 0.05) is 11.6 Å². The van der Waals surface area contributed by atoms with Crippen molar-refractivity contribution in [3.63, 3.8) is 0 Å². The maximum atomic E-state index is 14.4. The largest absolute Gasteiger partial charge is 0.496 e. The van der Waals surface area contributed by atoms with Crippen molar-refractivity contribution in [1.29, 1.82) is 0 Å². The van der Waals surface area contributed by atoms with Gasteiger partial charge in [-0.1, -0.05) is 0 Å². The van der Waals surface area contributed by atoms with Gasteiger partial charge in [-0.25, -0.2) is 4.39 Å². The van der Waals surface area contributed by atoms with E-state index >= 15 is 0 Å². The molecule has 1 saturated heterocycles. The number of piperidine rings is 1.